The van der Waals surface area contributed by atoms with Crippen LogP contribution in [0.5, 0.6) is 0 Å². The molecule has 7 amide bonds. The van der Waals surface area contributed by atoms with Gasteiger partial charge < -0.3 is 86.7 Å². The molecule has 2 aliphatic rings. The van der Waals surface area contributed by atoms with Crippen molar-refractivity contribution in [3.05, 3.63) is 0 Å². The molecule has 0 aromatic rings. The summed E-state index contributed by atoms with van der Waals surface area (Å²) in [5.74, 6) is -6.35. The number of nitrogens with one attached hydrogen (secondary N) is 5. The van der Waals surface area contributed by atoms with Crippen LogP contribution in [0.2, 0.25) is 0 Å². The summed E-state index contributed by atoms with van der Waals surface area (Å²) in [5.41, 5.74) is 39.0. The van der Waals surface area contributed by atoms with E-state index in [4.69, 9.17) is 40.1 Å². The van der Waals surface area contributed by atoms with Crippen LogP contribution in [-0.4, -0.2) is 173 Å². The number of hydrogen-bond acceptors (Lipinski definition) is 14. The van der Waals surface area contributed by atoms with E-state index in [-0.39, 0.29) is 95.4 Å². The van der Waals surface area contributed by atoms with Crippen LogP contribution in [0.1, 0.15) is 110 Å². The molecular formula is C43H80N16O10. The van der Waals surface area contributed by atoms with Gasteiger partial charge in [0, 0.05) is 26.2 Å². The van der Waals surface area contributed by atoms with Gasteiger partial charge in [0.2, 0.25) is 41.4 Å². The van der Waals surface area contributed by atoms with Gasteiger partial charge in [0.05, 0.1) is 12.6 Å². The van der Waals surface area contributed by atoms with Gasteiger partial charge in [-0.05, 0) is 115 Å². The highest BCUT2D eigenvalue weighted by Crippen LogP contribution is 2.27. The van der Waals surface area contributed by atoms with Crippen molar-refractivity contribution < 1.29 is 48.6 Å². The average molecular weight is 981 g/mol. The second-order valence-corrected chi connectivity index (χ2v) is 17.9. The van der Waals surface area contributed by atoms with Gasteiger partial charge in [-0.25, -0.2) is 4.79 Å². The Hall–Kier alpha value is -5.86. The first-order valence-electron chi connectivity index (χ1n) is 24.0. The summed E-state index contributed by atoms with van der Waals surface area (Å²) in [4.78, 5) is 119. The number of aliphatic hydroxyl groups is 1. The van der Waals surface area contributed by atoms with E-state index >= 15 is 0 Å². The molecule has 0 aromatic heterocycles. The minimum atomic E-state index is -1.58. The summed E-state index contributed by atoms with van der Waals surface area (Å²) in [6.45, 7) is 4.26. The van der Waals surface area contributed by atoms with E-state index in [9.17, 15) is 48.6 Å². The molecule has 392 valence electrons. The van der Waals surface area contributed by atoms with Gasteiger partial charge >= 0.3 is 5.97 Å². The summed E-state index contributed by atoms with van der Waals surface area (Å²) in [5, 5.41) is 32.7. The van der Waals surface area contributed by atoms with E-state index in [1.807, 2.05) is 13.8 Å². The number of nitrogens with zero attached hydrogens (tertiary/aromatic N) is 4. The highest BCUT2D eigenvalue weighted by Gasteiger charge is 2.44. The maximum absolute atomic E-state index is 14.4. The smallest absolute Gasteiger partial charge is 0.326 e. The second kappa shape index (κ2) is 31.3. The van der Waals surface area contributed by atoms with Gasteiger partial charge in [-0.2, -0.15) is 0 Å². The first kappa shape index (κ1) is 59.3. The fourth-order valence-corrected chi connectivity index (χ4v) is 8.17. The Morgan fingerprint density at radius 2 is 1.06 bits per heavy atom. The van der Waals surface area contributed by atoms with Crippen molar-refractivity contribution in [2.45, 2.75) is 158 Å². The molecule has 0 spiro atoms. The molecule has 2 aliphatic heterocycles. The SMILES string of the molecule is CC(C)C[C@H](NC(=O)[C@H](CCCCN)NC(=O)[C@@H](N)CCCN=C(N)N)C(=O)N1CCC[C@H]1C(=O)N1CCC[C@H]1C(=O)N[C@@H](CCCN=C(N)N)C(=O)N[C@@H](CO)C(=O)N[C@@H](CCCCN)C(=O)O. The van der Waals surface area contributed by atoms with E-state index in [1.165, 1.54) is 9.80 Å². The van der Waals surface area contributed by atoms with Crippen LogP contribution in [0.25, 0.3) is 0 Å². The number of unbranched alkanes of at least 4 members (excludes halogenated alkanes) is 2. The number of rotatable bonds is 32. The number of hydrogen-bond donors (Lipinski definition) is 14. The van der Waals surface area contributed by atoms with Gasteiger partial charge in [-0.3, -0.25) is 43.5 Å². The Kier molecular flexibility index (Phi) is 26.9. The molecule has 2 saturated heterocycles. The summed E-state index contributed by atoms with van der Waals surface area (Å²) in [6.07, 6.45) is 4.72. The lowest BCUT2D eigenvalue weighted by atomic mass is 10.0. The van der Waals surface area contributed by atoms with Crippen molar-refractivity contribution >= 4 is 59.2 Å². The highest BCUT2D eigenvalue weighted by molar-refractivity contribution is 5.98. The monoisotopic (exact) mass is 981 g/mol. The summed E-state index contributed by atoms with van der Waals surface area (Å²) >= 11 is 0. The number of aliphatic imine (C=N–C) groups is 2. The van der Waals surface area contributed by atoms with Gasteiger partial charge in [0.15, 0.2) is 11.9 Å². The molecule has 2 rings (SSSR count). The van der Waals surface area contributed by atoms with Crippen LogP contribution in [0.3, 0.4) is 0 Å². The molecule has 2 fully saturated rings. The molecule has 21 N–H and O–H groups in total. The third-order valence-electron chi connectivity index (χ3n) is 11.8. The number of carbonyl (C=O) groups excluding carboxylic acids is 7. The van der Waals surface area contributed by atoms with Gasteiger partial charge in [0.25, 0.3) is 0 Å². The molecule has 26 heteroatoms. The Balaban J connectivity index is 2.28. The van der Waals surface area contributed by atoms with E-state index in [2.05, 4.69) is 36.6 Å². The number of aliphatic carboxylic acids is 1. The number of carbonyl (C=O) groups is 8. The van der Waals surface area contributed by atoms with E-state index in [1.54, 1.807) is 0 Å². The van der Waals surface area contributed by atoms with Crippen LogP contribution >= 0.6 is 0 Å². The molecule has 0 aliphatic carbocycles. The van der Waals surface area contributed by atoms with Crippen molar-refractivity contribution in [1.82, 2.24) is 36.4 Å². The lowest BCUT2D eigenvalue weighted by Gasteiger charge is -2.34. The maximum Gasteiger partial charge on any atom is 0.326 e. The largest absolute Gasteiger partial charge is 0.480 e. The third kappa shape index (κ3) is 20.7. The van der Waals surface area contributed by atoms with Crippen molar-refractivity contribution in [1.29, 1.82) is 0 Å². The maximum atomic E-state index is 14.4. The van der Waals surface area contributed by atoms with Crippen LogP contribution in [0.4, 0.5) is 0 Å². The lowest BCUT2D eigenvalue weighted by molar-refractivity contribution is -0.148. The molecule has 8 atom stereocenters. The van der Waals surface area contributed by atoms with Crippen molar-refractivity contribution in [3.8, 4) is 0 Å². The number of carboxylic acid groups (broad SMARTS) is 1. The zero-order valence-corrected chi connectivity index (χ0v) is 40.2. The number of nitrogens with two attached hydrogens (primary N) is 7. The summed E-state index contributed by atoms with van der Waals surface area (Å²) in [6, 6.07) is -9.29. The highest BCUT2D eigenvalue weighted by atomic mass is 16.4. The molecular weight excluding hydrogens is 901 g/mol. The van der Waals surface area contributed by atoms with E-state index in [0.717, 1.165) is 0 Å². The summed E-state index contributed by atoms with van der Waals surface area (Å²) < 4.78 is 0. The Bertz CT molecular complexity index is 1760. The fraction of sp³-hybridized carbons (Fsp3) is 0.767. The molecule has 0 radical (unpaired) electrons. The number of guanidine groups is 2. The van der Waals surface area contributed by atoms with Gasteiger partial charge in [-0.1, -0.05) is 13.8 Å². The molecule has 0 unspecified atom stereocenters. The predicted molar refractivity (Wildman–Crippen MR) is 257 cm³/mol. The predicted octanol–water partition coefficient (Wildman–Crippen LogP) is -4.79. The number of aliphatic hydroxyl groups excluding tert-OH is 1. The molecule has 0 bridgehead atoms. The Morgan fingerprint density at radius 1 is 0.594 bits per heavy atom. The average Bonchev–Trinajstić information content (AvgIpc) is 4.00. The molecule has 0 saturated carbocycles. The molecule has 0 aromatic carbocycles. The van der Waals surface area contributed by atoms with Gasteiger partial charge in [0.1, 0.15) is 42.3 Å². The lowest BCUT2D eigenvalue weighted by Crippen LogP contribution is -2.60. The molecule has 2 heterocycles. The number of amides is 7. The van der Waals surface area contributed by atoms with Crippen LogP contribution in [0, 0.1) is 5.92 Å². The third-order valence-corrected chi connectivity index (χ3v) is 11.8. The number of likely N-dealkylation sites (tertiary alicyclic amines) is 2. The van der Waals surface area contributed by atoms with Crippen LogP contribution in [0.15, 0.2) is 9.98 Å². The normalized spacial score (nSPS) is 18.2. The minimum Gasteiger partial charge on any atom is -0.480 e. The Morgan fingerprint density at radius 3 is 1.59 bits per heavy atom. The van der Waals surface area contributed by atoms with E-state index in [0.29, 0.717) is 58.0 Å². The second-order valence-electron chi connectivity index (χ2n) is 17.9. The topological polar surface area (TPSA) is 451 Å². The standard InChI is InChI=1S/C43H80N16O10/c1-25(2)23-30(56-35(62)27(12-3-5-17-44)53-34(61)26(46)11-7-19-51-42(47)48)39(66)59-22-10-16-33(59)40(67)58-21-9-15-32(58)38(65)54-28(14-8-20-52-43(49)50)36(63)57-31(24-60)37(64)55-29(41(68)69)13-4-6-18-45/h25-33,60H,3-24,44-46H2,1-2H3,(H,53,61)(H,54,65)(H,55,64)(H,56,62)(H,57,63)(H,68,69)(H4,47,48,51)(H4,49,50,52)/t26-,27-,28-,29-,30-,31-,32-,33-/m0/s1. The quantitative estimate of drug-likeness (QED) is 0.0171. The van der Waals surface area contributed by atoms with Crippen molar-refractivity contribution in [2.75, 3.05) is 45.9 Å². The first-order valence-corrected chi connectivity index (χ1v) is 24.0. The first-order chi connectivity index (χ1) is 32.7. The zero-order chi connectivity index (χ0) is 51.6. The molecule has 26 nitrogen and oxygen atoms in total. The molecule has 69 heavy (non-hydrogen) atoms. The minimum absolute atomic E-state index is 0.0372. The Labute approximate surface area is 403 Å². The van der Waals surface area contributed by atoms with Gasteiger partial charge in [-0.15, -0.1) is 0 Å². The van der Waals surface area contributed by atoms with Crippen molar-refractivity contribution in [3.63, 3.8) is 0 Å². The summed E-state index contributed by atoms with van der Waals surface area (Å²) in [7, 11) is 0. The van der Waals surface area contributed by atoms with Crippen molar-refractivity contribution in [2.24, 2.45) is 56.0 Å². The van der Waals surface area contributed by atoms with E-state index < -0.39 is 102 Å². The van der Waals surface area contributed by atoms with Crippen LogP contribution in [-0.2, 0) is 38.4 Å². The zero-order valence-electron chi connectivity index (χ0n) is 40.2. The fourth-order valence-electron chi connectivity index (χ4n) is 8.17. The number of carboxylic acids is 1. The van der Waals surface area contributed by atoms with Crippen LogP contribution < -0.4 is 66.7 Å².